The van der Waals surface area contributed by atoms with Crippen molar-refractivity contribution in [1.29, 1.82) is 0 Å². The van der Waals surface area contributed by atoms with E-state index in [-0.39, 0.29) is 17.9 Å². The van der Waals surface area contributed by atoms with Gasteiger partial charge < -0.3 is 19.7 Å². The molecule has 0 spiro atoms. The Kier molecular flexibility index (Phi) is 7.85. The maximum atomic E-state index is 12.3. The zero-order valence-electron chi connectivity index (χ0n) is 17.7. The molecule has 1 N–H and O–H groups in total. The van der Waals surface area contributed by atoms with Crippen LogP contribution in [0.25, 0.3) is 0 Å². The maximum absolute atomic E-state index is 12.3. The van der Waals surface area contributed by atoms with Crippen molar-refractivity contribution >= 4 is 11.9 Å². The minimum atomic E-state index is -0.325. The Balaban J connectivity index is 1.43. The summed E-state index contributed by atoms with van der Waals surface area (Å²) >= 11 is 0. The number of ether oxygens (including phenoxy) is 2. The van der Waals surface area contributed by atoms with Gasteiger partial charge in [-0.05, 0) is 61.2 Å². The summed E-state index contributed by atoms with van der Waals surface area (Å²) in [6.07, 6.45) is 3.33. The lowest BCUT2D eigenvalue weighted by atomic mass is 10.1. The summed E-state index contributed by atoms with van der Waals surface area (Å²) < 4.78 is 10.00. The van der Waals surface area contributed by atoms with E-state index in [1.165, 1.54) is 12.7 Å². The van der Waals surface area contributed by atoms with Gasteiger partial charge in [0.05, 0.1) is 19.8 Å². The number of amides is 1. The van der Waals surface area contributed by atoms with E-state index < -0.39 is 0 Å². The van der Waals surface area contributed by atoms with E-state index >= 15 is 0 Å². The van der Waals surface area contributed by atoms with E-state index in [1.807, 2.05) is 35.2 Å². The smallest absolute Gasteiger partial charge is 0.337 e. The predicted molar refractivity (Wildman–Crippen MR) is 116 cm³/mol. The van der Waals surface area contributed by atoms with Crippen molar-refractivity contribution < 1.29 is 19.1 Å². The van der Waals surface area contributed by atoms with Gasteiger partial charge in [-0.15, -0.1) is 0 Å². The van der Waals surface area contributed by atoms with E-state index in [1.54, 1.807) is 19.2 Å². The number of rotatable bonds is 10. The van der Waals surface area contributed by atoms with Gasteiger partial charge in [0.15, 0.2) is 0 Å². The highest BCUT2D eigenvalue weighted by Gasteiger charge is 2.29. The lowest BCUT2D eigenvalue weighted by Gasteiger charge is -2.25. The molecular formula is C24H30N2O4. The van der Waals surface area contributed by atoms with E-state index in [0.717, 1.165) is 50.2 Å². The third kappa shape index (κ3) is 5.83. The van der Waals surface area contributed by atoms with Crippen molar-refractivity contribution in [3.8, 4) is 5.75 Å². The second-order valence-electron chi connectivity index (χ2n) is 7.54. The molecule has 2 aromatic carbocycles. The Labute approximate surface area is 178 Å². The van der Waals surface area contributed by atoms with Crippen LogP contribution in [0.15, 0.2) is 48.5 Å². The zero-order chi connectivity index (χ0) is 21.3. The molecule has 1 atom stereocenters. The highest BCUT2D eigenvalue weighted by atomic mass is 16.5. The third-order valence-corrected chi connectivity index (χ3v) is 5.59. The van der Waals surface area contributed by atoms with Gasteiger partial charge in [-0.1, -0.05) is 24.3 Å². The van der Waals surface area contributed by atoms with Gasteiger partial charge in [0.2, 0.25) is 5.91 Å². The molecule has 6 nitrogen and oxygen atoms in total. The van der Waals surface area contributed by atoms with Crippen LogP contribution in [0.2, 0.25) is 0 Å². The van der Waals surface area contributed by atoms with Crippen molar-refractivity contribution in [2.75, 3.05) is 27.3 Å². The largest absolute Gasteiger partial charge is 0.497 e. The molecule has 0 aliphatic carbocycles. The summed E-state index contributed by atoms with van der Waals surface area (Å²) in [5, 5.41) is 3.44. The fourth-order valence-corrected chi connectivity index (χ4v) is 3.86. The van der Waals surface area contributed by atoms with Gasteiger partial charge in [-0.2, -0.15) is 0 Å². The lowest BCUT2D eigenvalue weighted by molar-refractivity contribution is -0.129. The second-order valence-corrected chi connectivity index (χ2v) is 7.54. The number of nitrogens with zero attached hydrogens (tertiary/aromatic N) is 1. The first-order chi connectivity index (χ1) is 14.6. The number of nitrogens with one attached hydrogen (secondary N) is 1. The first kappa shape index (κ1) is 21.8. The van der Waals surface area contributed by atoms with Gasteiger partial charge in [-0.25, -0.2) is 4.79 Å². The Hall–Kier alpha value is -2.86. The molecule has 30 heavy (non-hydrogen) atoms. The van der Waals surface area contributed by atoms with Gasteiger partial charge in [0.25, 0.3) is 0 Å². The number of carbonyl (C=O) groups is 2. The van der Waals surface area contributed by atoms with Gasteiger partial charge in [0.1, 0.15) is 5.75 Å². The van der Waals surface area contributed by atoms with Crippen LogP contribution < -0.4 is 10.1 Å². The highest BCUT2D eigenvalue weighted by Crippen LogP contribution is 2.22. The normalized spacial score (nSPS) is 16.0. The molecule has 3 rings (SSSR count). The molecule has 1 saturated heterocycles. The molecule has 6 heteroatoms. The number of methoxy groups -OCH3 is 2. The van der Waals surface area contributed by atoms with Crippen LogP contribution in [0.5, 0.6) is 5.75 Å². The molecule has 0 saturated carbocycles. The average molecular weight is 411 g/mol. The van der Waals surface area contributed by atoms with Crippen LogP contribution in [-0.4, -0.2) is 50.1 Å². The quantitative estimate of drug-likeness (QED) is 0.481. The molecule has 1 fully saturated rings. The van der Waals surface area contributed by atoms with Crippen LogP contribution in [0.4, 0.5) is 0 Å². The number of benzene rings is 2. The Morgan fingerprint density at radius 1 is 1.13 bits per heavy atom. The molecule has 0 bridgehead atoms. The zero-order valence-corrected chi connectivity index (χ0v) is 17.7. The fraction of sp³-hybridized carbons (Fsp3) is 0.417. The number of likely N-dealkylation sites (tertiary alicyclic amines) is 1. The molecule has 0 unspecified atom stereocenters. The van der Waals surface area contributed by atoms with Gasteiger partial charge in [-0.3, -0.25) is 4.79 Å². The minimum absolute atomic E-state index is 0.251. The molecule has 0 aromatic heterocycles. The number of hydrogen-bond acceptors (Lipinski definition) is 5. The Morgan fingerprint density at radius 2 is 1.93 bits per heavy atom. The summed E-state index contributed by atoms with van der Waals surface area (Å²) in [7, 11) is 3.05. The van der Waals surface area contributed by atoms with Gasteiger partial charge in [0, 0.05) is 25.6 Å². The predicted octanol–water partition coefficient (Wildman–Crippen LogP) is 3.20. The Morgan fingerprint density at radius 3 is 2.67 bits per heavy atom. The molecular weight excluding hydrogens is 380 g/mol. The summed E-state index contributed by atoms with van der Waals surface area (Å²) in [4.78, 5) is 25.9. The van der Waals surface area contributed by atoms with E-state index in [9.17, 15) is 9.59 Å². The highest BCUT2D eigenvalue weighted by molar-refractivity contribution is 5.89. The summed E-state index contributed by atoms with van der Waals surface area (Å²) in [6, 6.07) is 15.7. The van der Waals surface area contributed by atoms with Crippen LogP contribution in [0, 0.1) is 0 Å². The van der Waals surface area contributed by atoms with E-state index in [4.69, 9.17) is 9.47 Å². The number of esters is 1. The molecule has 1 heterocycles. The average Bonchev–Trinajstić information content (AvgIpc) is 3.14. The van der Waals surface area contributed by atoms with Gasteiger partial charge >= 0.3 is 5.97 Å². The van der Waals surface area contributed by atoms with Crippen molar-refractivity contribution in [2.45, 2.75) is 38.3 Å². The van der Waals surface area contributed by atoms with Crippen molar-refractivity contribution in [3.63, 3.8) is 0 Å². The van der Waals surface area contributed by atoms with Crippen molar-refractivity contribution in [2.24, 2.45) is 0 Å². The fourth-order valence-electron chi connectivity index (χ4n) is 3.86. The standard InChI is InChI=1S/C24H30N2O4/c1-29-22-5-3-4-18(16-22)13-15-26-21(10-11-23(26)27)12-14-25-17-19-6-8-20(9-7-19)24(28)30-2/h3-9,16,21,25H,10-15,17H2,1-2H3/t21-/m1/s1. The lowest BCUT2D eigenvalue weighted by Crippen LogP contribution is -2.36. The number of hydrogen-bond donors (Lipinski definition) is 1. The Bertz CT molecular complexity index is 851. The van der Waals surface area contributed by atoms with E-state index in [2.05, 4.69) is 11.4 Å². The van der Waals surface area contributed by atoms with Crippen molar-refractivity contribution in [3.05, 3.63) is 65.2 Å². The summed E-state index contributed by atoms with van der Waals surface area (Å²) in [5.41, 5.74) is 2.85. The minimum Gasteiger partial charge on any atom is -0.497 e. The monoisotopic (exact) mass is 410 g/mol. The number of carbonyl (C=O) groups excluding carboxylic acids is 2. The summed E-state index contributed by atoms with van der Waals surface area (Å²) in [6.45, 7) is 2.31. The molecule has 0 radical (unpaired) electrons. The molecule has 2 aromatic rings. The van der Waals surface area contributed by atoms with Crippen molar-refractivity contribution in [1.82, 2.24) is 10.2 Å². The van der Waals surface area contributed by atoms with E-state index in [0.29, 0.717) is 12.0 Å². The van der Waals surface area contributed by atoms with Crippen LogP contribution in [-0.2, 0) is 22.5 Å². The first-order valence-electron chi connectivity index (χ1n) is 10.4. The summed E-state index contributed by atoms with van der Waals surface area (Å²) in [5.74, 6) is 0.774. The topological polar surface area (TPSA) is 67.9 Å². The molecule has 1 amide bonds. The molecule has 1 aliphatic rings. The third-order valence-electron chi connectivity index (χ3n) is 5.59. The van der Waals surface area contributed by atoms with Crippen LogP contribution >= 0.6 is 0 Å². The van der Waals surface area contributed by atoms with Crippen LogP contribution in [0.1, 0.15) is 40.7 Å². The molecule has 1 aliphatic heterocycles. The van der Waals surface area contributed by atoms with Crippen LogP contribution in [0.3, 0.4) is 0 Å². The maximum Gasteiger partial charge on any atom is 0.337 e. The second kappa shape index (κ2) is 10.8. The first-order valence-corrected chi connectivity index (χ1v) is 10.4. The SMILES string of the molecule is COC(=O)c1ccc(CNCC[C@H]2CCC(=O)N2CCc2cccc(OC)c2)cc1. The molecule has 160 valence electrons.